The minimum Gasteiger partial charge on any atom is -0.481 e. The lowest BCUT2D eigenvalue weighted by atomic mass is 9.42. The largest absolute Gasteiger partial charge is 0.481 e. The molecule has 0 saturated heterocycles. The van der Waals surface area contributed by atoms with Crippen molar-refractivity contribution in [1.29, 1.82) is 0 Å². The van der Waals surface area contributed by atoms with Crippen LogP contribution in [0.3, 0.4) is 0 Å². The maximum absolute atomic E-state index is 14.9. The van der Waals surface area contributed by atoms with Crippen LogP contribution in [-0.2, 0) is 10.2 Å². The van der Waals surface area contributed by atoms with Crippen LogP contribution in [0.15, 0.2) is 24.3 Å². The Morgan fingerprint density at radius 1 is 1.14 bits per heavy atom. The van der Waals surface area contributed by atoms with Gasteiger partial charge >= 0.3 is 5.97 Å². The van der Waals surface area contributed by atoms with E-state index < -0.39 is 17.1 Å². The number of carboxylic acid groups (broad SMARTS) is 1. The van der Waals surface area contributed by atoms with E-state index in [0.29, 0.717) is 25.2 Å². The summed E-state index contributed by atoms with van der Waals surface area (Å²) in [5.41, 5.74) is -0.737. The van der Waals surface area contributed by atoms with Crippen LogP contribution in [0.4, 0.5) is 8.78 Å². The van der Waals surface area contributed by atoms with E-state index in [-0.39, 0.29) is 24.1 Å². The van der Waals surface area contributed by atoms with Crippen molar-refractivity contribution in [2.75, 3.05) is 0 Å². The van der Waals surface area contributed by atoms with Crippen LogP contribution in [0, 0.1) is 23.6 Å². The lowest BCUT2D eigenvalue weighted by Crippen LogP contribution is -2.61. The van der Waals surface area contributed by atoms with Gasteiger partial charge in [-0.15, -0.1) is 0 Å². The summed E-state index contributed by atoms with van der Waals surface area (Å²) < 4.78 is 28.2. The van der Waals surface area contributed by atoms with Crippen molar-refractivity contribution >= 4 is 5.97 Å². The van der Waals surface area contributed by atoms with E-state index >= 15 is 0 Å². The first-order valence-electron chi connectivity index (χ1n) is 8.08. The van der Waals surface area contributed by atoms with Gasteiger partial charge in [0.05, 0.1) is 6.42 Å². The molecule has 4 fully saturated rings. The highest BCUT2D eigenvalue weighted by molar-refractivity contribution is 5.69. The maximum Gasteiger partial charge on any atom is 0.304 e. The van der Waals surface area contributed by atoms with Gasteiger partial charge in [-0.2, -0.15) is 0 Å². The number of halogens is 2. The number of benzene rings is 1. The molecule has 2 unspecified atom stereocenters. The second-order valence-electron chi connectivity index (χ2n) is 7.61. The third kappa shape index (κ3) is 1.92. The molecule has 0 aliphatic heterocycles. The van der Waals surface area contributed by atoms with Gasteiger partial charge in [0.2, 0.25) is 0 Å². The zero-order valence-corrected chi connectivity index (χ0v) is 12.4. The molecule has 22 heavy (non-hydrogen) atoms. The third-order valence-corrected chi connectivity index (χ3v) is 6.40. The highest BCUT2D eigenvalue weighted by atomic mass is 19.1. The zero-order chi connectivity index (χ0) is 15.5. The number of carboxylic acids is 1. The molecular formula is C18H20F2O2. The van der Waals surface area contributed by atoms with Crippen molar-refractivity contribution < 1.29 is 18.7 Å². The number of alkyl halides is 1. The number of hydrogen-bond donors (Lipinski definition) is 1. The summed E-state index contributed by atoms with van der Waals surface area (Å²) in [6, 6.07) is 6.22. The summed E-state index contributed by atoms with van der Waals surface area (Å²) in [6.07, 6.45) is 3.41. The molecule has 4 bridgehead atoms. The molecule has 0 spiro atoms. The number of carbonyl (C=O) groups is 1. The average molecular weight is 306 g/mol. The average Bonchev–Trinajstić information content (AvgIpc) is 2.42. The van der Waals surface area contributed by atoms with E-state index in [0.717, 1.165) is 18.4 Å². The van der Waals surface area contributed by atoms with Gasteiger partial charge in [0, 0.05) is 5.41 Å². The maximum atomic E-state index is 14.9. The first kappa shape index (κ1) is 14.2. The van der Waals surface area contributed by atoms with Crippen LogP contribution in [0.2, 0.25) is 0 Å². The summed E-state index contributed by atoms with van der Waals surface area (Å²) in [5, 5.41) is 9.48. The van der Waals surface area contributed by atoms with Gasteiger partial charge in [-0.25, -0.2) is 8.78 Å². The molecular weight excluding hydrogens is 286 g/mol. The third-order valence-electron chi connectivity index (χ3n) is 6.40. The predicted octanol–water partition coefficient (Wildman–Crippen LogP) is 4.09. The van der Waals surface area contributed by atoms with Crippen LogP contribution in [0.1, 0.15) is 44.1 Å². The van der Waals surface area contributed by atoms with E-state index in [1.807, 2.05) is 0 Å². The molecule has 4 aliphatic rings. The Morgan fingerprint density at radius 2 is 1.73 bits per heavy atom. The van der Waals surface area contributed by atoms with E-state index in [9.17, 15) is 18.7 Å². The van der Waals surface area contributed by atoms with Gasteiger partial charge in [-0.1, -0.05) is 12.1 Å². The van der Waals surface area contributed by atoms with Crippen molar-refractivity contribution in [2.24, 2.45) is 17.8 Å². The summed E-state index contributed by atoms with van der Waals surface area (Å²) in [6.45, 7) is 0. The summed E-state index contributed by atoms with van der Waals surface area (Å²) in [7, 11) is 0. The van der Waals surface area contributed by atoms with Crippen LogP contribution in [0.25, 0.3) is 0 Å². The molecule has 1 aromatic carbocycles. The zero-order valence-electron chi connectivity index (χ0n) is 12.4. The van der Waals surface area contributed by atoms with Crippen molar-refractivity contribution in [3.8, 4) is 0 Å². The molecule has 0 amide bonds. The summed E-state index contributed by atoms with van der Waals surface area (Å²) >= 11 is 0. The van der Waals surface area contributed by atoms with Gasteiger partial charge in [-0.05, 0) is 67.6 Å². The fourth-order valence-electron chi connectivity index (χ4n) is 5.88. The molecule has 4 aliphatic carbocycles. The second-order valence-corrected chi connectivity index (χ2v) is 7.61. The minimum absolute atomic E-state index is 0.0246. The van der Waals surface area contributed by atoms with E-state index in [1.54, 1.807) is 12.1 Å². The molecule has 1 aromatic rings. The van der Waals surface area contributed by atoms with Gasteiger partial charge < -0.3 is 5.11 Å². The van der Waals surface area contributed by atoms with Crippen molar-refractivity contribution in [3.05, 3.63) is 35.6 Å². The first-order chi connectivity index (χ1) is 10.4. The van der Waals surface area contributed by atoms with Gasteiger partial charge in [0.1, 0.15) is 11.5 Å². The van der Waals surface area contributed by atoms with Gasteiger partial charge in [-0.3, -0.25) is 4.79 Å². The van der Waals surface area contributed by atoms with E-state index in [2.05, 4.69) is 0 Å². The SMILES string of the molecule is O=C(O)C[C@]1(c2ccc(F)cc2)C2CC3CC1C[C@](F)(C3)C2. The van der Waals surface area contributed by atoms with Crippen molar-refractivity contribution in [2.45, 2.75) is 49.6 Å². The Bertz CT molecular complexity index is 594. The number of hydrogen-bond acceptors (Lipinski definition) is 1. The Hall–Kier alpha value is -1.45. The molecule has 118 valence electrons. The van der Waals surface area contributed by atoms with Crippen LogP contribution in [0.5, 0.6) is 0 Å². The molecule has 1 N–H and O–H groups in total. The summed E-state index contributed by atoms with van der Waals surface area (Å²) in [4.78, 5) is 11.5. The topological polar surface area (TPSA) is 37.3 Å². The first-order valence-corrected chi connectivity index (χ1v) is 8.08. The molecule has 5 rings (SSSR count). The standard InChI is InChI=1S/C18H20F2O2/c19-15-3-1-12(2-4-15)18(10-16(21)22)13-5-11-6-14(18)9-17(20,7-11)8-13/h1-4,11,13-14H,5-10H2,(H,21,22)/t11?,13?,14?,17-,18-. The smallest absolute Gasteiger partial charge is 0.304 e. The lowest BCUT2D eigenvalue weighted by molar-refractivity contribution is -0.154. The quantitative estimate of drug-likeness (QED) is 0.913. The lowest BCUT2D eigenvalue weighted by Gasteiger charge is -2.63. The number of aliphatic carboxylic acids is 1. The van der Waals surface area contributed by atoms with Crippen LogP contribution in [-0.4, -0.2) is 16.7 Å². The van der Waals surface area contributed by atoms with Gasteiger partial charge in [0.15, 0.2) is 0 Å². The molecule has 2 atom stereocenters. The fourth-order valence-corrected chi connectivity index (χ4v) is 5.88. The Kier molecular flexibility index (Phi) is 2.91. The molecule has 0 heterocycles. The molecule has 4 saturated carbocycles. The van der Waals surface area contributed by atoms with E-state index in [1.165, 1.54) is 12.1 Å². The van der Waals surface area contributed by atoms with Gasteiger partial charge in [0.25, 0.3) is 0 Å². The highest BCUT2D eigenvalue weighted by Gasteiger charge is 2.63. The Labute approximate surface area is 128 Å². The normalized spacial score (nSPS) is 42.5. The van der Waals surface area contributed by atoms with Crippen LogP contribution >= 0.6 is 0 Å². The number of rotatable bonds is 3. The van der Waals surface area contributed by atoms with E-state index in [4.69, 9.17) is 0 Å². The predicted molar refractivity (Wildman–Crippen MR) is 77.7 cm³/mol. The molecule has 4 heteroatoms. The molecule has 2 nitrogen and oxygen atoms in total. The van der Waals surface area contributed by atoms with Crippen LogP contribution < -0.4 is 0 Å². The summed E-state index contributed by atoms with van der Waals surface area (Å²) in [5.74, 6) is -0.648. The molecule has 0 aromatic heterocycles. The van der Waals surface area contributed by atoms with Crippen molar-refractivity contribution in [1.82, 2.24) is 0 Å². The Morgan fingerprint density at radius 3 is 2.23 bits per heavy atom. The van der Waals surface area contributed by atoms with Crippen molar-refractivity contribution in [3.63, 3.8) is 0 Å². The second kappa shape index (κ2) is 4.53. The fraction of sp³-hybridized carbons (Fsp3) is 0.611. The highest BCUT2D eigenvalue weighted by Crippen LogP contribution is 2.66. The molecule has 0 radical (unpaired) electrons. The minimum atomic E-state index is -1.10. The Balaban J connectivity index is 1.82. The monoisotopic (exact) mass is 306 g/mol.